The Kier molecular flexibility index (Phi) is 5.24. The van der Waals surface area contributed by atoms with Gasteiger partial charge in [0.25, 0.3) is 5.91 Å². The molecule has 0 unspecified atom stereocenters. The number of aromatic nitrogens is 2. The lowest BCUT2D eigenvalue weighted by atomic mass is 10.1. The molecule has 2 aromatic carbocycles. The molecule has 146 valence electrons. The number of aryl methyl sites for hydroxylation is 1. The van der Waals surface area contributed by atoms with Crippen molar-refractivity contribution in [3.05, 3.63) is 71.9 Å². The van der Waals surface area contributed by atoms with E-state index in [1.54, 1.807) is 36.5 Å². The molecule has 1 N–H and O–H groups in total. The second kappa shape index (κ2) is 8.14. The number of anilines is 1. The number of oxazole rings is 1. The first-order valence-electron chi connectivity index (χ1n) is 9.51. The van der Waals surface area contributed by atoms with Gasteiger partial charge in [-0.05, 0) is 67.4 Å². The summed E-state index contributed by atoms with van der Waals surface area (Å²) in [5, 5.41) is 2.97. The number of pyridine rings is 1. The number of carbonyl (C=O) groups excluding carboxylic acids is 1. The number of nitrogens with one attached hydrogen (secondary N) is 1. The highest BCUT2D eigenvalue weighted by Crippen LogP contribution is 2.27. The Labute approximate surface area is 168 Å². The average Bonchev–Trinajstić information content (AvgIpc) is 3.18. The van der Waals surface area contributed by atoms with Gasteiger partial charge in [-0.2, -0.15) is 4.98 Å². The second-order valence-corrected chi connectivity index (χ2v) is 6.70. The highest BCUT2D eigenvalue weighted by molar-refractivity contribution is 6.05. The first-order valence-corrected chi connectivity index (χ1v) is 9.51. The first-order chi connectivity index (χ1) is 14.1. The summed E-state index contributed by atoms with van der Waals surface area (Å²) in [6.45, 7) is 4.65. The number of rotatable bonds is 6. The molecule has 0 spiro atoms. The van der Waals surface area contributed by atoms with Crippen LogP contribution in [0.4, 0.5) is 5.69 Å². The van der Waals surface area contributed by atoms with E-state index in [2.05, 4.69) is 22.2 Å². The van der Waals surface area contributed by atoms with Crippen LogP contribution in [0.5, 0.6) is 5.75 Å². The summed E-state index contributed by atoms with van der Waals surface area (Å²) in [4.78, 5) is 21.3. The summed E-state index contributed by atoms with van der Waals surface area (Å²) < 4.78 is 11.3. The van der Waals surface area contributed by atoms with Gasteiger partial charge >= 0.3 is 0 Å². The Balaban J connectivity index is 1.55. The van der Waals surface area contributed by atoms with Gasteiger partial charge in [0.05, 0.1) is 6.61 Å². The lowest BCUT2D eigenvalue weighted by Gasteiger charge is -2.10. The maximum atomic E-state index is 12.7. The molecule has 2 aromatic heterocycles. The predicted molar refractivity (Wildman–Crippen MR) is 112 cm³/mol. The van der Waals surface area contributed by atoms with Crippen LogP contribution in [0.2, 0.25) is 0 Å². The van der Waals surface area contributed by atoms with Crippen LogP contribution >= 0.6 is 0 Å². The Bertz CT molecular complexity index is 1120. The van der Waals surface area contributed by atoms with Crippen molar-refractivity contribution in [1.82, 2.24) is 9.97 Å². The van der Waals surface area contributed by atoms with Crippen LogP contribution in [0, 0.1) is 6.92 Å². The van der Waals surface area contributed by atoms with Crippen LogP contribution in [-0.2, 0) is 0 Å². The van der Waals surface area contributed by atoms with Crippen molar-refractivity contribution in [3.63, 3.8) is 0 Å². The molecule has 4 aromatic rings. The molecule has 2 heterocycles. The van der Waals surface area contributed by atoms with Gasteiger partial charge < -0.3 is 14.5 Å². The minimum atomic E-state index is -0.188. The van der Waals surface area contributed by atoms with Crippen LogP contribution < -0.4 is 10.1 Å². The Morgan fingerprint density at radius 2 is 1.97 bits per heavy atom. The van der Waals surface area contributed by atoms with Crippen molar-refractivity contribution in [2.75, 3.05) is 11.9 Å². The molecule has 0 saturated heterocycles. The fourth-order valence-electron chi connectivity index (χ4n) is 2.90. The van der Waals surface area contributed by atoms with Gasteiger partial charge in [0.1, 0.15) is 5.75 Å². The molecule has 29 heavy (non-hydrogen) atoms. The van der Waals surface area contributed by atoms with E-state index in [4.69, 9.17) is 9.15 Å². The zero-order valence-corrected chi connectivity index (χ0v) is 16.3. The van der Waals surface area contributed by atoms with E-state index >= 15 is 0 Å². The summed E-state index contributed by atoms with van der Waals surface area (Å²) in [5.41, 5.74) is 4.16. The molecule has 0 saturated carbocycles. The third-order valence-corrected chi connectivity index (χ3v) is 4.49. The maximum Gasteiger partial charge on any atom is 0.255 e. The van der Waals surface area contributed by atoms with Gasteiger partial charge in [0.2, 0.25) is 5.89 Å². The number of carbonyl (C=O) groups is 1. The van der Waals surface area contributed by atoms with Crippen molar-refractivity contribution in [2.45, 2.75) is 20.3 Å². The van der Waals surface area contributed by atoms with E-state index in [1.165, 1.54) is 0 Å². The van der Waals surface area contributed by atoms with Gasteiger partial charge in [-0.3, -0.25) is 4.79 Å². The van der Waals surface area contributed by atoms with Gasteiger partial charge in [0, 0.05) is 23.0 Å². The zero-order chi connectivity index (χ0) is 20.2. The second-order valence-electron chi connectivity index (χ2n) is 6.70. The van der Waals surface area contributed by atoms with Crippen LogP contribution in [0.25, 0.3) is 22.7 Å². The molecule has 4 rings (SSSR count). The van der Waals surface area contributed by atoms with Gasteiger partial charge in [-0.1, -0.05) is 13.0 Å². The molecule has 0 fully saturated rings. The Morgan fingerprint density at radius 3 is 2.72 bits per heavy atom. The van der Waals surface area contributed by atoms with E-state index in [-0.39, 0.29) is 5.91 Å². The molecular formula is C23H21N3O3. The van der Waals surface area contributed by atoms with Gasteiger partial charge in [-0.15, -0.1) is 0 Å². The van der Waals surface area contributed by atoms with Crippen molar-refractivity contribution in [3.8, 4) is 17.2 Å². The highest BCUT2D eigenvalue weighted by atomic mass is 16.5. The molecule has 0 atom stereocenters. The fourth-order valence-corrected chi connectivity index (χ4v) is 2.90. The number of hydrogen-bond acceptors (Lipinski definition) is 5. The lowest BCUT2D eigenvalue weighted by molar-refractivity contribution is 0.102. The number of benzene rings is 2. The summed E-state index contributed by atoms with van der Waals surface area (Å²) in [7, 11) is 0. The van der Waals surface area contributed by atoms with E-state index in [0.29, 0.717) is 35.0 Å². The topological polar surface area (TPSA) is 77.2 Å². The van der Waals surface area contributed by atoms with Crippen molar-refractivity contribution in [2.24, 2.45) is 0 Å². The van der Waals surface area contributed by atoms with E-state index in [1.807, 2.05) is 31.2 Å². The fraction of sp³-hybridized carbons (Fsp3) is 0.174. The van der Waals surface area contributed by atoms with Crippen LogP contribution in [0.15, 0.2) is 65.2 Å². The number of amides is 1. The SMILES string of the molecule is CCCOc1ccc(C(=O)Nc2cc(-c3nc4ncccc4o3)ccc2C)cc1. The minimum Gasteiger partial charge on any atom is -0.494 e. The lowest BCUT2D eigenvalue weighted by Crippen LogP contribution is -2.12. The largest absolute Gasteiger partial charge is 0.494 e. The molecule has 1 amide bonds. The molecule has 0 aliphatic rings. The summed E-state index contributed by atoms with van der Waals surface area (Å²) >= 11 is 0. The summed E-state index contributed by atoms with van der Waals surface area (Å²) in [6.07, 6.45) is 2.61. The van der Waals surface area contributed by atoms with Crippen LogP contribution in [0.3, 0.4) is 0 Å². The summed E-state index contributed by atoms with van der Waals surface area (Å²) in [6, 6.07) is 16.4. The number of ether oxygens (including phenoxy) is 1. The molecule has 0 radical (unpaired) electrons. The summed E-state index contributed by atoms with van der Waals surface area (Å²) in [5.74, 6) is 1.03. The first kappa shape index (κ1) is 18.7. The third kappa shape index (κ3) is 4.11. The van der Waals surface area contributed by atoms with Crippen molar-refractivity contribution < 1.29 is 13.9 Å². The molecule has 0 aliphatic heterocycles. The van der Waals surface area contributed by atoms with E-state index in [9.17, 15) is 4.79 Å². The number of nitrogens with zero attached hydrogens (tertiary/aromatic N) is 2. The van der Waals surface area contributed by atoms with Gasteiger partial charge in [0.15, 0.2) is 11.2 Å². The Hall–Kier alpha value is -3.67. The van der Waals surface area contributed by atoms with Crippen molar-refractivity contribution in [1.29, 1.82) is 0 Å². The molecule has 0 aliphatic carbocycles. The smallest absolute Gasteiger partial charge is 0.255 e. The predicted octanol–water partition coefficient (Wildman–Crippen LogP) is 5.24. The monoisotopic (exact) mass is 387 g/mol. The van der Waals surface area contributed by atoms with Crippen LogP contribution in [0.1, 0.15) is 29.3 Å². The Morgan fingerprint density at radius 1 is 1.14 bits per heavy atom. The van der Waals surface area contributed by atoms with Gasteiger partial charge in [-0.25, -0.2) is 4.98 Å². The maximum absolute atomic E-state index is 12.7. The van der Waals surface area contributed by atoms with E-state index < -0.39 is 0 Å². The highest BCUT2D eigenvalue weighted by Gasteiger charge is 2.13. The standard InChI is InChI=1S/C23H21N3O3/c1-3-13-28-18-10-8-16(9-11-18)22(27)25-19-14-17(7-6-15(19)2)23-26-21-20(29-23)5-4-12-24-21/h4-12,14H,3,13H2,1-2H3,(H,25,27). The van der Waals surface area contributed by atoms with Crippen LogP contribution in [-0.4, -0.2) is 22.5 Å². The minimum absolute atomic E-state index is 0.188. The van der Waals surface area contributed by atoms with Crippen molar-refractivity contribution >= 4 is 22.8 Å². The molecule has 0 bridgehead atoms. The number of hydrogen-bond donors (Lipinski definition) is 1. The number of fused-ring (bicyclic) bond motifs is 1. The molecule has 6 nitrogen and oxygen atoms in total. The average molecular weight is 387 g/mol. The quantitative estimate of drug-likeness (QED) is 0.490. The van der Waals surface area contributed by atoms with E-state index in [0.717, 1.165) is 23.3 Å². The third-order valence-electron chi connectivity index (χ3n) is 4.49. The zero-order valence-electron chi connectivity index (χ0n) is 16.3. The normalized spacial score (nSPS) is 10.8. The molecule has 6 heteroatoms. The molecular weight excluding hydrogens is 366 g/mol.